The summed E-state index contributed by atoms with van der Waals surface area (Å²) < 4.78 is 25.2. The van der Waals surface area contributed by atoms with Crippen LogP contribution in [0.1, 0.15) is 44.9 Å². The van der Waals surface area contributed by atoms with Crippen LogP contribution in [0.2, 0.25) is 0 Å². The maximum Gasteiger partial charge on any atom is 0.235 e. The fourth-order valence-corrected chi connectivity index (χ4v) is 6.12. The maximum atomic E-state index is 12.6. The lowest BCUT2D eigenvalue weighted by Gasteiger charge is -2.31. The van der Waals surface area contributed by atoms with Crippen LogP contribution in [0.3, 0.4) is 0 Å². The summed E-state index contributed by atoms with van der Waals surface area (Å²) in [4.78, 5) is 14.6. The van der Waals surface area contributed by atoms with Crippen LogP contribution in [0.5, 0.6) is 0 Å². The fourth-order valence-electron chi connectivity index (χ4n) is 3.48. The molecule has 25 heavy (non-hydrogen) atoms. The summed E-state index contributed by atoms with van der Waals surface area (Å²) in [6.45, 7) is 5.79. The SMILES string of the molecule is CC1CCN(C(=O)[C@@H](C)Sc2nnc([C@H]3CCS(=O)(=O)C3)n2C)CC1. The number of sulfone groups is 1. The molecule has 1 amide bonds. The Bertz CT molecular complexity index is 739. The molecule has 1 aromatic heterocycles. The van der Waals surface area contributed by atoms with Crippen molar-refractivity contribution >= 4 is 27.5 Å². The van der Waals surface area contributed by atoms with E-state index in [1.54, 1.807) is 0 Å². The van der Waals surface area contributed by atoms with Gasteiger partial charge in [0, 0.05) is 26.1 Å². The quantitative estimate of drug-likeness (QED) is 0.728. The highest BCUT2D eigenvalue weighted by atomic mass is 32.2. The van der Waals surface area contributed by atoms with Gasteiger partial charge >= 0.3 is 0 Å². The van der Waals surface area contributed by atoms with Crippen molar-refractivity contribution in [1.82, 2.24) is 19.7 Å². The molecule has 140 valence electrons. The van der Waals surface area contributed by atoms with Gasteiger partial charge in [-0.15, -0.1) is 10.2 Å². The molecule has 0 spiro atoms. The normalized spacial score (nSPS) is 25.2. The predicted molar refractivity (Wildman–Crippen MR) is 97.3 cm³/mol. The Labute approximate surface area is 153 Å². The van der Waals surface area contributed by atoms with Crippen LogP contribution in [0.25, 0.3) is 0 Å². The lowest BCUT2D eigenvalue weighted by atomic mass is 9.99. The van der Waals surface area contributed by atoms with E-state index in [2.05, 4.69) is 17.1 Å². The molecule has 9 heteroatoms. The molecule has 7 nitrogen and oxygen atoms in total. The van der Waals surface area contributed by atoms with E-state index in [0.29, 0.717) is 23.3 Å². The molecule has 0 aliphatic carbocycles. The third-order valence-corrected chi connectivity index (χ3v) is 8.08. The number of carbonyl (C=O) groups excluding carboxylic acids is 1. The first-order chi connectivity index (χ1) is 11.8. The second-order valence-electron chi connectivity index (χ2n) is 7.27. The Balaban J connectivity index is 1.64. The van der Waals surface area contributed by atoms with E-state index < -0.39 is 9.84 Å². The summed E-state index contributed by atoms with van der Waals surface area (Å²) in [5.74, 6) is 1.81. The third-order valence-electron chi connectivity index (χ3n) is 5.19. The zero-order valence-electron chi connectivity index (χ0n) is 15.0. The van der Waals surface area contributed by atoms with Crippen LogP contribution in [0.4, 0.5) is 0 Å². The zero-order valence-corrected chi connectivity index (χ0v) is 16.6. The number of hydrogen-bond acceptors (Lipinski definition) is 6. The summed E-state index contributed by atoms with van der Waals surface area (Å²) in [5, 5.41) is 8.85. The van der Waals surface area contributed by atoms with E-state index >= 15 is 0 Å². The van der Waals surface area contributed by atoms with E-state index in [9.17, 15) is 13.2 Å². The van der Waals surface area contributed by atoms with Crippen molar-refractivity contribution in [1.29, 1.82) is 0 Å². The van der Waals surface area contributed by atoms with Crippen LogP contribution in [0, 0.1) is 5.92 Å². The van der Waals surface area contributed by atoms with E-state index in [1.165, 1.54) is 11.8 Å². The highest BCUT2D eigenvalue weighted by Crippen LogP contribution is 2.31. The lowest BCUT2D eigenvalue weighted by Crippen LogP contribution is -2.41. The minimum Gasteiger partial charge on any atom is -0.342 e. The van der Waals surface area contributed by atoms with Gasteiger partial charge in [0.15, 0.2) is 15.0 Å². The number of thioether (sulfide) groups is 1. The highest BCUT2D eigenvalue weighted by Gasteiger charge is 2.33. The van der Waals surface area contributed by atoms with Gasteiger partial charge in [0.25, 0.3) is 0 Å². The summed E-state index contributed by atoms with van der Waals surface area (Å²) >= 11 is 1.40. The standard InChI is InChI=1S/C16H26N4O3S2/c1-11-4-7-20(8-5-11)15(21)12(2)24-16-18-17-14(19(16)3)13-6-9-25(22,23)10-13/h11-13H,4-10H2,1-3H3/t12-,13+/m1/s1. The van der Waals surface area contributed by atoms with E-state index in [4.69, 9.17) is 0 Å². The minimum atomic E-state index is -2.96. The molecular weight excluding hydrogens is 360 g/mol. The van der Waals surface area contributed by atoms with Crippen molar-refractivity contribution in [2.24, 2.45) is 13.0 Å². The van der Waals surface area contributed by atoms with Gasteiger partial charge in [-0.05, 0) is 32.1 Å². The second kappa shape index (κ2) is 7.26. The molecule has 2 aliphatic heterocycles. The summed E-state index contributed by atoms with van der Waals surface area (Å²) in [6, 6.07) is 0. The van der Waals surface area contributed by atoms with Crippen molar-refractivity contribution in [2.45, 2.75) is 49.4 Å². The summed E-state index contributed by atoms with van der Waals surface area (Å²) in [5.41, 5.74) is 0. The average Bonchev–Trinajstić information content (AvgIpc) is 3.10. The predicted octanol–water partition coefficient (Wildman–Crippen LogP) is 1.46. The topological polar surface area (TPSA) is 85.2 Å². The Morgan fingerprint density at radius 2 is 1.92 bits per heavy atom. The molecule has 2 atom stereocenters. The van der Waals surface area contributed by atoms with Gasteiger partial charge in [-0.25, -0.2) is 8.42 Å². The summed E-state index contributed by atoms with van der Waals surface area (Å²) in [6.07, 6.45) is 2.72. The smallest absolute Gasteiger partial charge is 0.235 e. The van der Waals surface area contributed by atoms with E-state index in [0.717, 1.165) is 25.9 Å². The van der Waals surface area contributed by atoms with Crippen LogP contribution in [-0.4, -0.2) is 63.8 Å². The van der Waals surface area contributed by atoms with Crippen LogP contribution < -0.4 is 0 Å². The zero-order chi connectivity index (χ0) is 18.2. The van der Waals surface area contributed by atoms with Crippen LogP contribution >= 0.6 is 11.8 Å². The van der Waals surface area contributed by atoms with Crippen molar-refractivity contribution in [2.75, 3.05) is 24.6 Å². The van der Waals surface area contributed by atoms with Crippen molar-refractivity contribution in [3.05, 3.63) is 5.82 Å². The lowest BCUT2D eigenvalue weighted by molar-refractivity contribution is -0.131. The largest absolute Gasteiger partial charge is 0.342 e. The van der Waals surface area contributed by atoms with Crippen molar-refractivity contribution in [3.8, 4) is 0 Å². The molecule has 0 unspecified atom stereocenters. The molecule has 2 aliphatic rings. The van der Waals surface area contributed by atoms with Gasteiger partial charge in [-0.2, -0.15) is 0 Å². The molecule has 0 saturated carbocycles. The molecule has 3 heterocycles. The molecular formula is C16H26N4O3S2. The first-order valence-corrected chi connectivity index (χ1v) is 11.5. The molecule has 0 bridgehead atoms. The second-order valence-corrected chi connectivity index (χ2v) is 10.8. The Morgan fingerprint density at radius 3 is 2.52 bits per heavy atom. The first kappa shape index (κ1) is 18.7. The van der Waals surface area contributed by atoms with Gasteiger partial charge in [0.2, 0.25) is 5.91 Å². The molecule has 0 radical (unpaired) electrons. The van der Waals surface area contributed by atoms with Crippen molar-refractivity contribution < 1.29 is 13.2 Å². The van der Waals surface area contributed by atoms with Crippen LogP contribution in [0.15, 0.2) is 5.16 Å². The van der Waals surface area contributed by atoms with Gasteiger partial charge < -0.3 is 9.47 Å². The number of rotatable bonds is 4. The Morgan fingerprint density at radius 1 is 1.24 bits per heavy atom. The fraction of sp³-hybridized carbons (Fsp3) is 0.812. The third kappa shape index (κ3) is 4.19. The Kier molecular flexibility index (Phi) is 5.43. The number of aromatic nitrogens is 3. The van der Waals surface area contributed by atoms with Gasteiger partial charge in [-0.1, -0.05) is 18.7 Å². The number of amides is 1. The number of piperidine rings is 1. The van der Waals surface area contributed by atoms with E-state index in [1.807, 2.05) is 23.4 Å². The molecule has 2 fully saturated rings. The monoisotopic (exact) mass is 386 g/mol. The minimum absolute atomic E-state index is 0.0913. The average molecular weight is 387 g/mol. The first-order valence-electron chi connectivity index (χ1n) is 8.82. The number of hydrogen-bond donors (Lipinski definition) is 0. The Hall–Kier alpha value is -1.09. The maximum absolute atomic E-state index is 12.6. The number of nitrogens with zero attached hydrogens (tertiary/aromatic N) is 4. The molecule has 0 aromatic carbocycles. The van der Waals surface area contributed by atoms with Crippen LogP contribution in [-0.2, 0) is 21.7 Å². The van der Waals surface area contributed by atoms with Gasteiger partial charge in [0.05, 0.1) is 16.8 Å². The van der Waals surface area contributed by atoms with Gasteiger partial charge in [0.1, 0.15) is 5.82 Å². The van der Waals surface area contributed by atoms with E-state index in [-0.39, 0.29) is 28.6 Å². The summed E-state index contributed by atoms with van der Waals surface area (Å²) in [7, 11) is -1.11. The number of carbonyl (C=O) groups is 1. The molecule has 3 rings (SSSR count). The number of likely N-dealkylation sites (tertiary alicyclic amines) is 1. The molecule has 2 saturated heterocycles. The van der Waals surface area contributed by atoms with Crippen molar-refractivity contribution in [3.63, 3.8) is 0 Å². The van der Waals surface area contributed by atoms with Gasteiger partial charge in [-0.3, -0.25) is 4.79 Å². The molecule has 0 N–H and O–H groups in total. The molecule has 1 aromatic rings. The highest BCUT2D eigenvalue weighted by molar-refractivity contribution is 8.00.